The molecule has 0 bridgehead atoms. The Hall–Kier alpha value is -0.810. The van der Waals surface area contributed by atoms with E-state index in [0.29, 0.717) is 13.0 Å². The monoisotopic (exact) mass is 272 g/mol. The predicted molar refractivity (Wildman–Crippen MR) is 75.0 cm³/mol. The first-order valence-corrected chi connectivity index (χ1v) is 7.04. The molecule has 2 atom stereocenters. The highest BCUT2D eigenvalue weighted by Crippen LogP contribution is 2.23. The Balaban J connectivity index is 2.56. The topological polar surface area (TPSA) is 70.6 Å². The molecule has 5 nitrogen and oxygen atoms in total. The van der Waals surface area contributed by atoms with Gasteiger partial charge < -0.3 is 20.5 Å². The van der Waals surface area contributed by atoms with Gasteiger partial charge in [-0.15, -0.1) is 0 Å². The molecule has 1 rings (SSSR count). The number of β-amino-alcohol motifs (C(OH)–C–C–N with tert-alkyl or cyclic N) is 1. The first kappa shape index (κ1) is 16.2. The molecular formula is C14H28N2O3. The Bertz CT molecular complexity index is 304. The van der Waals surface area contributed by atoms with E-state index in [0.717, 1.165) is 13.0 Å². The number of carbonyl (C=O) groups is 1. The van der Waals surface area contributed by atoms with Crippen LogP contribution < -0.4 is 10.6 Å². The minimum absolute atomic E-state index is 0.0836. The molecule has 0 spiro atoms. The van der Waals surface area contributed by atoms with Crippen LogP contribution in [0, 0.1) is 5.92 Å². The summed E-state index contributed by atoms with van der Waals surface area (Å²) in [6, 6.07) is -0.0836. The second kappa shape index (κ2) is 6.09. The lowest BCUT2D eigenvalue weighted by molar-refractivity contribution is 0.0254. The van der Waals surface area contributed by atoms with Crippen LogP contribution in [0.4, 0.5) is 4.79 Å². The Morgan fingerprint density at radius 1 is 1.47 bits per heavy atom. The van der Waals surface area contributed by atoms with Crippen LogP contribution in [-0.4, -0.2) is 41.5 Å². The van der Waals surface area contributed by atoms with Crippen molar-refractivity contribution in [3.63, 3.8) is 0 Å². The normalized spacial score (nSPS) is 25.4. The van der Waals surface area contributed by atoms with Crippen molar-refractivity contribution < 1.29 is 14.6 Å². The third kappa shape index (κ3) is 5.78. The standard InChI is InChI=1S/C14H28N2O3/c1-10(2)11(8-14(18)6-7-15-9-14)16-12(17)19-13(3,4)5/h10-11,15,18H,6-9H2,1-5H3,(H,16,17). The highest BCUT2D eigenvalue weighted by molar-refractivity contribution is 5.68. The van der Waals surface area contributed by atoms with Gasteiger partial charge in [0.1, 0.15) is 5.60 Å². The molecule has 1 fully saturated rings. The van der Waals surface area contributed by atoms with E-state index in [-0.39, 0.29) is 12.0 Å². The fraction of sp³-hybridized carbons (Fsp3) is 0.929. The summed E-state index contributed by atoms with van der Waals surface area (Å²) >= 11 is 0. The summed E-state index contributed by atoms with van der Waals surface area (Å²) in [5.41, 5.74) is -1.22. The zero-order valence-electron chi connectivity index (χ0n) is 12.7. The SMILES string of the molecule is CC(C)C(CC1(O)CCNC1)NC(=O)OC(C)(C)C. The van der Waals surface area contributed by atoms with Crippen LogP contribution in [0.25, 0.3) is 0 Å². The molecule has 1 aliphatic rings. The average Bonchev–Trinajstić information content (AvgIpc) is 2.61. The second-order valence-electron chi connectivity index (χ2n) is 6.85. The maximum Gasteiger partial charge on any atom is 0.407 e. The number of hydrogen-bond donors (Lipinski definition) is 3. The lowest BCUT2D eigenvalue weighted by Gasteiger charge is -2.31. The van der Waals surface area contributed by atoms with E-state index in [1.807, 2.05) is 34.6 Å². The van der Waals surface area contributed by atoms with Crippen molar-refractivity contribution in [1.82, 2.24) is 10.6 Å². The summed E-state index contributed by atoms with van der Waals surface area (Å²) in [6.45, 7) is 11.0. The van der Waals surface area contributed by atoms with E-state index in [4.69, 9.17) is 4.74 Å². The molecule has 0 aliphatic carbocycles. The minimum Gasteiger partial charge on any atom is -0.444 e. The Morgan fingerprint density at radius 2 is 2.11 bits per heavy atom. The van der Waals surface area contributed by atoms with Crippen LogP contribution in [0.15, 0.2) is 0 Å². The van der Waals surface area contributed by atoms with Gasteiger partial charge in [-0.2, -0.15) is 0 Å². The third-order valence-corrected chi connectivity index (χ3v) is 3.33. The zero-order chi connectivity index (χ0) is 14.7. The van der Waals surface area contributed by atoms with Gasteiger partial charge in [-0.3, -0.25) is 0 Å². The molecule has 3 N–H and O–H groups in total. The predicted octanol–water partition coefficient (Wildman–Crippen LogP) is 1.65. The molecule has 1 amide bonds. The third-order valence-electron chi connectivity index (χ3n) is 3.33. The maximum absolute atomic E-state index is 11.8. The van der Waals surface area contributed by atoms with Crippen molar-refractivity contribution in [1.29, 1.82) is 0 Å². The largest absolute Gasteiger partial charge is 0.444 e. The van der Waals surface area contributed by atoms with Gasteiger partial charge in [-0.25, -0.2) is 4.79 Å². The average molecular weight is 272 g/mol. The van der Waals surface area contributed by atoms with E-state index in [9.17, 15) is 9.90 Å². The van der Waals surface area contributed by atoms with Gasteiger partial charge >= 0.3 is 6.09 Å². The molecule has 1 saturated heterocycles. The molecule has 19 heavy (non-hydrogen) atoms. The number of rotatable bonds is 4. The van der Waals surface area contributed by atoms with Crippen molar-refractivity contribution in [2.24, 2.45) is 5.92 Å². The molecule has 0 radical (unpaired) electrons. The second-order valence-corrected chi connectivity index (χ2v) is 6.85. The van der Waals surface area contributed by atoms with Crippen molar-refractivity contribution in [3.8, 4) is 0 Å². The summed E-state index contributed by atoms with van der Waals surface area (Å²) in [7, 11) is 0. The highest BCUT2D eigenvalue weighted by atomic mass is 16.6. The van der Waals surface area contributed by atoms with Crippen LogP contribution in [-0.2, 0) is 4.74 Å². The summed E-state index contributed by atoms with van der Waals surface area (Å²) in [5, 5.41) is 16.4. The number of amides is 1. The number of ether oxygens (including phenoxy) is 1. The fourth-order valence-electron chi connectivity index (χ4n) is 2.23. The molecule has 1 heterocycles. The Kier molecular flexibility index (Phi) is 5.21. The summed E-state index contributed by atoms with van der Waals surface area (Å²) in [4.78, 5) is 11.8. The molecule has 0 aromatic heterocycles. The van der Waals surface area contributed by atoms with Gasteiger partial charge in [0, 0.05) is 12.6 Å². The minimum atomic E-state index is -0.718. The molecule has 112 valence electrons. The summed E-state index contributed by atoms with van der Waals surface area (Å²) < 4.78 is 5.27. The summed E-state index contributed by atoms with van der Waals surface area (Å²) in [5.74, 6) is 0.247. The molecule has 1 aliphatic heterocycles. The molecule has 5 heteroatoms. The number of hydrogen-bond acceptors (Lipinski definition) is 4. The van der Waals surface area contributed by atoms with Crippen LogP contribution >= 0.6 is 0 Å². The number of aliphatic hydroxyl groups is 1. The molecule has 0 aromatic carbocycles. The Labute approximate surface area is 116 Å². The fourth-order valence-corrected chi connectivity index (χ4v) is 2.23. The van der Waals surface area contributed by atoms with Crippen LogP contribution in [0.3, 0.4) is 0 Å². The number of nitrogens with one attached hydrogen (secondary N) is 2. The van der Waals surface area contributed by atoms with Gasteiger partial charge in [-0.05, 0) is 46.1 Å². The van der Waals surface area contributed by atoms with Gasteiger partial charge in [0.2, 0.25) is 0 Å². The zero-order valence-corrected chi connectivity index (χ0v) is 12.7. The molecule has 2 unspecified atom stereocenters. The lowest BCUT2D eigenvalue weighted by atomic mass is 9.88. The van der Waals surface area contributed by atoms with Gasteiger partial charge in [0.05, 0.1) is 5.60 Å². The smallest absolute Gasteiger partial charge is 0.407 e. The van der Waals surface area contributed by atoms with Crippen molar-refractivity contribution >= 4 is 6.09 Å². The van der Waals surface area contributed by atoms with Crippen molar-refractivity contribution in [2.45, 2.75) is 64.7 Å². The summed E-state index contributed by atoms with van der Waals surface area (Å²) in [6.07, 6.45) is 0.865. The molecule has 0 aromatic rings. The highest BCUT2D eigenvalue weighted by Gasteiger charge is 2.35. The first-order valence-electron chi connectivity index (χ1n) is 7.04. The van der Waals surface area contributed by atoms with Crippen LogP contribution in [0.5, 0.6) is 0 Å². The van der Waals surface area contributed by atoms with Gasteiger partial charge in [0.25, 0.3) is 0 Å². The maximum atomic E-state index is 11.8. The number of alkyl carbamates (subject to hydrolysis) is 1. The molecule has 0 saturated carbocycles. The Morgan fingerprint density at radius 3 is 2.53 bits per heavy atom. The van der Waals surface area contributed by atoms with Gasteiger partial charge in [-0.1, -0.05) is 13.8 Å². The number of carbonyl (C=O) groups excluding carboxylic acids is 1. The van der Waals surface area contributed by atoms with Gasteiger partial charge in [0.15, 0.2) is 0 Å². The van der Waals surface area contributed by atoms with Crippen molar-refractivity contribution in [2.75, 3.05) is 13.1 Å². The van der Waals surface area contributed by atoms with E-state index in [1.165, 1.54) is 0 Å². The van der Waals surface area contributed by atoms with Crippen LogP contribution in [0.1, 0.15) is 47.5 Å². The van der Waals surface area contributed by atoms with E-state index in [1.54, 1.807) is 0 Å². The molecular weight excluding hydrogens is 244 g/mol. The van der Waals surface area contributed by atoms with E-state index < -0.39 is 17.3 Å². The van der Waals surface area contributed by atoms with Crippen molar-refractivity contribution in [3.05, 3.63) is 0 Å². The van der Waals surface area contributed by atoms with E-state index in [2.05, 4.69) is 10.6 Å². The first-order chi connectivity index (χ1) is 8.61. The quantitative estimate of drug-likeness (QED) is 0.728. The van der Waals surface area contributed by atoms with Crippen LogP contribution in [0.2, 0.25) is 0 Å². The van der Waals surface area contributed by atoms with E-state index >= 15 is 0 Å². The lowest BCUT2D eigenvalue weighted by Crippen LogP contribution is -2.47.